The van der Waals surface area contributed by atoms with Crippen LogP contribution in [0.1, 0.15) is 62.2 Å². The molecule has 0 bridgehead atoms. The van der Waals surface area contributed by atoms with Gasteiger partial charge in [0.15, 0.2) is 5.78 Å². The maximum Gasteiger partial charge on any atom is 0.166 e. The molecule has 0 N–H and O–H groups in total. The lowest BCUT2D eigenvalue weighted by Gasteiger charge is -2.00. The largest absolute Gasteiger partial charge is 0.294 e. The summed E-state index contributed by atoms with van der Waals surface area (Å²) in [6.07, 6.45) is 14.6. The Labute approximate surface area is 113 Å². The van der Waals surface area contributed by atoms with Gasteiger partial charge in [-0.25, -0.2) is 4.52 Å². The minimum Gasteiger partial charge on any atom is -0.294 e. The van der Waals surface area contributed by atoms with Crippen molar-refractivity contribution in [3.63, 3.8) is 0 Å². The number of fused-ring (bicyclic) bond motifs is 1. The minimum absolute atomic E-state index is 0.179. The summed E-state index contributed by atoms with van der Waals surface area (Å²) in [5.41, 5.74) is 1.50. The summed E-state index contributed by atoms with van der Waals surface area (Å²) >= 11 is 0. The molecule has 0 unspecified atom stereocenters. The third kappa shape index (κ3) is 3.63. The van der Waals surface area contributed by atoms with E-state index in [0.29, 0.717) is 12.0 Å². The molecule has 2 aromatic rings. The van der Waals surface area contributed by atoms with Crippen molar-refractivity contribution in [1.29, 1.82) is 0 Å². The van der Waals surface area contributed by atoms with Crippen LogP contribution in [-0.4, -0.2) is 20.4 Å². The first-order valence-corrected chi connectivity index (χ1v) is 7.13. The number of hydrogen-bond acceptors (Lipinski definition) is 3. The van der Waals surface area contributed by atoms with Gasteiger partial charge in [0, 0.05) is 18.8 Å². The molecule has 0 fully saturated rings. The van der Waals surface area contributed by atoms with Crippen molar-refractivity contribution in [2.45, 2.75) is 51.9 Å². The van der Waals surface area contributed by atoms with Gasteiger partial charge in [-0.05, 0) is 6.42 Å². The minimum atomic E-state index is 0.179. The lowest BCUT2D eigenvalue weighted by atomic mass is 10.0. The maximum atomic E-state index is 12.1. The number of unbranched alkanes of at least 4 members (excludes halogenated alkanes) is 5. The van der Waals surface area contributed by atoms with Gasteiger partial charge < -0.3 is 0 Å². The summed E-state index contributed by atoms with van der Waals surface area (Å²) in [7, 11) is 0. The van der Waals surface area contributed by atoms with Crippen LogP contribution in [0.3, 0.4) is 0 Å². The van der Waals surface area contributed by atoms with E-state index < -0.39 is 0 Å². The van der Waals surface area contributed by atoms with Crippen molar-refractivity contribution in [3.05, 3.63) is 30.4 Å². The summed E-state index contributed by atoms with van der Waals surface area (Å²) in [4.78, 5) is 16.2. The molecule has 102 valence electrons. The average Bonchev–Trinajstić information content (AvgIpc) is 2.86. The Kier molecular flexibility index (Phi) is 5.07. The van der Waals surface area contributed by atoms with Crippen LogP contribution in [0.5, 0.6) is 0 Å². The van der Waals surface area contributed by atoms with Gasteiger partial charge in [0.25, 0.3) is 0 Å². The highest BCUT2D eigenvalue weighted by molar-refractivity contribution is 6.01. The second-order valence-electron chi connectivity index (χ2n) is 4.91. The molecule has 0 aliphatic heterocycles. The van der Waals surface area contributed by atoms with Gasteiger partial charge in [-0.3, -0.25) is 9.78 Å². The summed E-state index contributed by atoms with van der Waals surface area (Å²) in [6.45, 7) is 2.21. The van der Waals surface area contributed by atoms with Gasteiger partial charge in [0.05, 0.1) is 23.5 Å². The number of carbonyl (C=O) groups excluding carboxylic acids is 1. The van der Waals surface area contributed by atoms with E-state index in [4.69, 9.17) is 0 Å². The average molecular weight is 259 g/mol. The first-order chi connectivity index (χ1) is 9.33. The zero-order valence-corrected chi connectivity index (χ0v) is 11.5. The number of rotatable bonds is 8. The monoisotopic (exact) mass is 259 g/mol. The number of Topliss-reactive ketones (excluding diaryl/α,β-unsaturated/α-hetero) is 1. The van der Waals surface area contributed by atoms with E-state index in [1.54, 1.807) is 29.3 Å². The molecule has 0 aromatic carbocycles. The van der Waals surface area contributed by atoms with Crippen molar-refractivity contribution >= 4 is 11.3 Å². The van der Waals surface area contributed by atoms with E-state index in [9.17, 15) is 4.79 Å². The van der Waals surface area contributed by atoms with E-state index in [1.165, 1.54) is 25.7 Å². The normalized spacial score (nSPS) is 11.0. The predicted molar refractivity (Wildman–Crippen MR) is 75.3 cm³/mol. The Bertz CT molecular complexity index is 533. The fourth-order valence-electron chi connectivity index (χ4n) is 2.25. The Morgan fingerprint density at radius 3 is 2.79 bits per heavy atom. The molecule has 2 aromatic heterocycles. The quantitative estimate of drug-likeness (QED) is 0.537. The third-order valence-electron chi connectivity index (χ3n) is 3.38. The molecule has 0 amide bonds. The van der Waals surface area contributed by atoms with Crippen molar-refractivity contribution in [2.75, 3.05) is 0 Å². The van der Waals surface area contributed by atoms with Crippen LogP contribution in [0.25, 0.3) is 5.52 Å². The number of nitrogens with zero attached hydrogens (tertiary/aromatic N) is 3. The zero-order valence-electron chi connectivity index (χ0n) is 11.5. The highest BCUT2D eigenvalue weighted by atomic mass is 16.1. The molecule has 0 radical (unpaired) electrons. The van der Waals surface area contributed by atoms with Crippen LogP contribution in [-0.2, 0) is 0 Å². The van der Waals surface area contributed by atoms with E-state index in [0.717, 1.165) is 18.4 Å². The molecule has 4 nitrogen and oxygen atoms in total. The van der Waals surface area contributed by atoms with Gasteiger partial charge in [-0.1, -0.05) is 39.0 Å². The number of carbonyl (C=O) groups is 1. The topological polar surface area (TPSA) is 47.3 Å². The Balaban J connectivity index is 1.83. The first kappa shape index (κ1) is 13.7. The second kappa shape index (κ2) is 7.02. The molecule has 19 heavy (non-hydrogen) atoms. The van der Waals surface area contributed by atoms with Crippen molar-refractivity contribution in [1.82, 2.24) is 14.6 Å². The molecule has 0 aliphatic carbocycles. The first-order valence-electron chi connectivity index (χ1n) is 7.13. The standard InChI is InChI=1S/C15H21N3O/c1-2-3-4-5-6-7-8-15(19)13-11-17-18-10-9-16-12-14(13)18/h9-12H,2-8H2,1H3. The van der Waals surface area contributed by atoms with Crippen LogP contribution >= 0.6 is 0 Å². The molecule has 4 heteroatoms. The molecular formula is C15H21N3O. The lowest BCUT2D eigenvalue weighted by molar-refractivity contribution is 0.0980. The van der Waals surface area contributed by atoms with Crippen LogP contribution in [0, 0.1) is 0 Å². The van der Waals surface area contributed by atoms with Crippen LogP contribution in [0.2, 0.25) is 0 Å². The van der Waals surface area contributed by atoms with E-state index >= 15 is 0 Å². The molecular weight excluding hydrogens is 238 g/mol. The van der Waals surface area contributed by atoms with Gasteiger partial charge in [-0.15, -0.1) is 0 Å². The summed E-state index contributed by atoms with van der Waals surface area (Å²) in [5, 5.41) is 4.16. The summed E-state index contributed by atoms with van der Waals surface area (Å²) < 4.78 is 1.70. The SMILES string of the molecule is CCCCCCCCC(=O)c1cnn2ccncc12. The van der Waals surface area contributed by atoms with Crippen molar-refractivity contribution < 1.29 is 4.79 Å². The summed E-state index contributed by atoms with van der Waals surface area (Å²) in [6, 6.07) is 0. The summed E-state index contributed by atoms with van der Waals surface area (Å²) in [5.74, 6) is 0.179. The molecule has 2 rings (SSSR count). The van der Waals surface area contributed by atoms with Crippen molar-refractivity contribution in [3.8, 4) is 0 Å². The molecule has 2 heterocycles. The smallest absolute Gasteiger partial charge is 0.166 e. The lowest BCUT2D eigenvalue weighted by Crippen LogP contribution is -1.99. The third-order valence-corrected chi connectivity index (χ3v) is 3.38. The number of aromatic nitrogens is 3. The highest BCUT2D eigenvalue weighted by Crippen LogP contribution is 2.14. The van der Waals surface area contributed by atoms with Gasteiger partial charge in [0.1, 0.15) is 0 Å². The van der Waals surface area contributed by atoms with E-state index in [-0.39, 0.29) is 5.78 Å². The Hall–Kier alpha value is -1.71. The fraction of sp³-hybridized carbons (Fsp3) is 0.533. The van der Waals surface area contributed by atoms with E-state index in [2.05, 4.69) is 17.0 Å². The van der Waals surface area contributed by atoms with Crippen molar-refractivity contribution in [2.24, 2.45) is 0 Å². The molecule has 0 atom stereocenters. The molecule has 0 aliphatic rings. The molecule has 0 saturated heterocycles. The van der Waals surface area contributed by atoms with Gasteiger partial charge >= 0.3 is 0 Å². The Morgan fingerprint density at radius 2 is 1.95 bits per heavy atom. The molecule has 0 saturated carbocycles. The maximum absolute atomic E-state index is 12.1. The molecule has 0 spiro atoms. The van der Waals surface area contributed by atoms with Crippen LogP contribution < -0.4 is 0 Å². The second-order valence-corrected chi connectivity index (χ2v) is 4.91. The highest BCUT2D eigenvalue weighted by Gasteiger charge is 2.11. The fourth-order valence-corrected chi connectivity index (χ4v) is 2.25. The number of hydrogen-bond donors (Lipinski definition) is 0. The van der Waals surface area contributed by atoms with Crippen LogP contribution in [0.4, 0.5) is 0 Å². The predicted octanol–water partition coefficient (Wildman–Crippen LogP) is 3.66. The zero-order chi connectivity index (χ0) is 13.5. The van der Waals surface area contributed by atoms with Gasteiger partial charge in [0.2, 0.25) is 0 Å². The van der Waals surface area contributed by atoms with Gasteiger partial charge in [-0.2, -0.15) is 5.10 Å². The van der Waals surface area contributed by atoms with Crippen LogP contribution in [0.15, 0.2) is 24.8 Å². The van der Waals surface area contributed by atoms with E-state index in [1.807, 2.05) is 0 Å². The number of ketones is 1. The Morgan fingerprint density at radius 1 is 1.16 bits per heavy atom.